The minimum absolute atomic E-state index is 0. The average molecular weight is 502 g/mol. The van der Waals surface area contributed by atoms with E-state index < -0.39 is 0 Å². The summed E-state index contributed by atoms with van der Waals surface area (Å²) in [4.78, 5) is 9.37. The summed E-state index contributed by atoms with van der Waals surface area (Å²) >= 11 is 0. The third-order valence-electron chi connectivity index (χ3n) is 5.44. The summed E-state index contributed by atoms with van der Waals surface area (Å²) in [6.07, 6.45) is 1.19. The number of hydrogen-bond donors (Lipinski definition) is 1. The first-order valence-corrected chi connectivity index (χ1v) is 10.2. The van der Waals surface area contributed by atoms with Crippen LogP contribution >= 0.6 is 24.0 Å². The number of likely N-dealkylation sites (tertiary alicyclic amines) is 1. The van der Waals surface area contributed by atoms with E-state index in [0.29, 0.717) is 18.6 Å². The standard InChI is InChI=1S/C21H34N4O2.HI/c1-17(2)18-4-6-20(7-5-18)27-13-9-23-21(22-3)25-10-8-19(16-25)24-11-14-26-15-12-24;/h4-7,17,19H,8-16H2,1-3H3,(H,22,23);1H. The zero-order chi connectivity index (χ0) is 19.1. The molecule has 0 radical (unpaired) electrons. The molecule has 0 spiro atoms. The molecule has 0 bridgehead atoms. The monoisotopic (exact) mass is 502 g/mol. The van der Waals surface area contributed by atoms with Crippen molar-refractivity contribution >= 4 is 29.9 Å². The molecule has 28 heavy (non-hydrogen) atoms. The Morgan fingerprint density at radius 3 is 2.57 bits per heavy atom. The molecule has 2 aliphatic heterocycles. The maximum absolute atomic E-state index is 5.86. The van der Waals surface area contributed by atoms with Gasteiger partial charge in [-0.05, 0) is 30.0 Å². The van der Waals surface area contributed by atoms with Gasteiger partial charge in [-0.3, -0.25) is 9.89 Å². The molecule has 1 unspecified atom stereocenters. The molecule has 158 valence electrons. The van der Waals surface area contributed by atoms with Crippen molar-refractivity contribution in [1.82, 2.24) is 15.1 Å². The second-order valence-corrected chi connectivity index (χ2v) is 7.58. The Hall–Kier alpha value is -1.06. The summed E-state index contributed by atoms with van der Waals surface area (Å²) < 4.78 is 11.3. The second-order valence-electron chi connectivity index (χ2n) is 7.58. The van der Waals surface area contributed by atoms with E-state index in [0.717, 1.165) is 57.6 Å². The summed E-state index contributed by atoms with van der Waals surface area (Å²) in [6, 6.07) is 9.00. The Balaban J connectivity index is 0.00000280. The van der Waals surface area contributed by atoms with E-state index >= 15 is 0 Å². The first kappa shape index (κ1) is 23.2. The van der Waals surface area contributed by atoms with Crippen LogP contribution in [0, 0.1) is 0 Å². The second kappa shape index (κ2) is 11.8. The van der Waals surface area contributed by atoms with Crippen LogP contribution in [0.2, 0.25) is 0 Å². The molecule has 7 heteroatoms. The van der Waals surface area contributed by atoms with Crippen LogP contribution in [-0.4, -0.2) is 81.4 Å². The number of hydrogen-bond acceptors (Lipinski definition) is 4. The SMILES string of the molecule is CN=C(NCCOc1ccc(C(C)C)cc1)N1CCC(N2CCOCC2)C1.I. The Labute approximate surface area is 186 Å². The number of rotatable bonds is 6. The van der Waals surface area contributed by atoms with Crippen molar-refractivity contribution in [3.8, 4) is 5.75 Å². The lowest BCUT2D eigenvalue weighted by atomic mass is 10.0. The number of morpholine rings is 1. The van der Waals surface area contributed by atoms with Crippen molar-refractivity contribution < 1.29 is 9.47 Å². The zero-order valence-corrected chi connectivity index (χ0v) is 19.7. The summed E-state index contributed by atoms with van der Waals surface area (Å²) in [5.41, 5.74) is 1.34. The maximum atomic E-state index is 5.86. The molecule has 3 rings (SSSR count). The van der Waals surface area contributed by atoms with E-state index in [4.69, 9.17) is 9.47 Å². The highest BCUT2D eigenvalue weighted by Gasteiger charge is 2.30. The van der Waals surface area contributed by atoms with E-state index in [1.807, 2.05) is 7.05 Å². The largest absolute Gasteiger partial charge is 0.492 e. The molecule has 1 N–H and O–H groups in total. The number of nitrogens with one attached hydrogen (secondary N) is 1. The fourth-order valence-corrected chi connectivity index (χ4v) is 3.79. The van der Waals surface area contributed by atoms with Gasteiger partial charge in [0.15, 0.2) is 5.96 Å². The Morgan fingerprint density at radius 2 is 1.93 bits per heavy atom. The van der Waals surface area contributed by atoms with E-state index in [-0.39, 0.29) is 24.0 Å². The van der Waals surface area contributed by atoms with Crippen LogP contribution in [0.3, 0.4) is 0 Å². The normalized spacial score (nSPS) is 20.9. The highest BCUT2D eigenvalue weighted by atomic mass is 127. The van der Waals surface area contributed by atoms with Gasteiger partial charge >= 0.3 is 0 Å². The summed E-state index contributed by atoms with van der Waals surface area (Å²) in [7, 11) is 1.86. The van der Waals surface area contributed by atoms with Gasteiger partial charge in [0.25, 0.3) is 0 Å². The summed E-state index contributed by atoms with van der Waals surface area (Å²) in [5.74, 6) is 2.44. The summed E-state index contributed by atoms with van der Waals surface area (Å²) in [5, 5.41) is 3.44. The Morgan fingerprint density at radius 1 is 1.21 bits per heavy atom. The Kier molecular flexibility index (Phi) is 9.81. The number of halogens is 1. The van der Waals surface area contributed by atoms with Crippen LogP contribution in [0.4, 0.5) is 0 Å². The van der Waals surface area contributed by atoms with E-state index in [1.165, 1.54) is 12.0 Å². The minimum Gasteiger partial charge on any atom is -0.492 e. The number of aliphatic imine (C=N–C) groups is 1. The lowest BCUT2D eigenvalue weighted by Gasteiger charge is -2.32. The van der Waals surface area contributed by atoms with Gasteiger partial charge in [-0.15, -0.1) is 24.0 Å². The molecule has 6 nitrogen and oxygen atoms in total. The lowest BCUT2D eigenvalue weighted by Crippen LogP contribution is -2.47. The van der Waals surface area contributed by atoms with Crippen LogP contribution in [0.25, 0.3) is 0 Å². The molecule has 0 amide bonds. The zero-order valence-electron chi connectivity index (χ0n) is 17.4. The lowest BCUT2D eigenvalue weighted by molar-refractivity contribution is 0.0195. The van der Waals surface area contributed by atoms with E-state index in [1.54, 1.807) is 0 Å². The van der Waals surface area contributed by atoms with Crippen molar-refractivity contribution in [2.45, 2.75) is 32.2 Å². The van der Waals surface area contributed by atoms with Gasteiger partial charge in [0, 0.05) is 39.3 Å². The van der Waals surface area contributed by atoms with E-state index in [9.17, 15) is 0 Å². The molecule has 0 saturated carbocycles. The van der Waals surface area contributed by atoms with Gasteiger partial charge < -0.3 is 19.7 Å². The van der Waals surface area contributed by atoms with Gasteiger partial charge in [-0.1, -0.05) is 26.0 Å². The number of nitrogens with zero attached hydrogens (tertiary/aromatic N) is 3. The predicted octanol–water partition coefficient (Wildman–Crippen LogP) is 2.79. The quantitative estimate of drug-likeness (QED) is 0.281. The van der Waals surface area contributed by atoms with Crippen LogP contribution in [0.15, 0.2) is 29.3 Å². The highest BCUT2D eigenvalue weighted by molar-refractivity contribution is 14.0. The molecule has 0 aromatic heterocycles. The van der Waals surface area contributed by atoms with Crippen molar-refractivity contribution in [1.29, 1.82) is 0 Å². The van der Waals surface area contributed by atoms with Gasteiger partial charge in [-0.25, -0.2) is 0 Å². The highest BCUT2D eigenvalue weighted by Crippen LogP contribution is 2.19. The van der Waals surface area contributed by atoms with Crippen molar-refractivity contribution in [2.75, 3.05) is 59.6 Å². The fourth-order valence-electron chi connectivity index (χ4n) is 3.79. The van der Waals surface area contributed by atoms with Gasteiger partial charge in [-0.2, -0.15) is 0 Å². The summed E-state index contributed by atoms with van der Waals surface area (Å²) in [6.45, 7) is 11.7. The smallest absolute Gasteiger partial charge is 0.193 e. The molecule has 2 heterocycles. The van der Waals surface area contributed by atoms with Crippen molar-refractivity contribution in [2.24, 2.45) is 4.99 Å². The minimum atomic E-state index is 0. The van der Waals surface area contributed by atoms with Crippen LogP contribution in [0.5, 0.6) is 5.75 Å². The molecular formula is C21H35IN4O2. The molecule has 2 saturated heterocycles. The van der Waals surface area contributed by atoms with Crippen LogP contribution in [-0.2, 0) is 4.74 Å². The third-order valence-corrected chi connectivity index (χ3v) is 5.44. The topological polar surface area (TPSA) is 49.3 Å². The number of ether oxygens (including phenoxy) is 2. The molecule has 1 aromatic carbocycles. The maximum Gasteiger partial charge on any atom is 0.193 e. The van der Waals surface area contributed by atoms with Crippen LogP contribution < -0.4 is 10.1 Å². The van der Waals surface area contributed by atoms with Crippen LogP contribution in [0.1, 0.15) is 31.7 Å². The molecule has 2 aliphatic rings. The van der Waals surface area contributed by atoms with Gasteiger partial charge in [0.05, 0.1) is 19.8 Å². The molecule has 1 aromatic rings. The van der Waals surface area contributed by atoms with Gasteiger partial charge in [0.1, 0.15) is 12.4 Å². The molecule has 1 atom stereocenters. The third kappa shape index (κ3) is 6.49. The predicted molar refractivity (Wildman–Crippen MR) is 125 cm³/mol. The average Bonchev–Trinajstić information content (AvgIpc) is 3.19. The molecule has 2 fully saturated rings. The fraction of sp³-hybridized carbons (Fsp3) is 0.667. The van der Waals surface area contributed by atoms with Gasteiger partial charge in [0.2, 0.25) is 0 Å². The first-order valence-electron chi connectivity index (χ1n) is 10.2. The number of benzene rings is 1. The van der Waals surface area contributed by atoms with Crippen molar-refractivity contribution in [3.05, 3.63) is 29.8 Å². The van der Waals surface area contributed by atoms with E-state index in [2.05, 4.69) is 58.2 Å². The van der Waals surface area contributed by atoms with Crippen molar-refractivity contribution in [3.63, 3.8) is 0 Å². The Bertz CT molecular complexity index is 603. The first-order chi connectivity index (χ1) is 13.2. The molecule has 0 aliphatic carbocycles. The molecular weight excluding hydrogens is 467 g/mol. The number of guanidine groups is 1.